The molecular weight excluding hydrogens is 896 g/mol. The van der Waals surface area contributed by atoms with Crippen LogP contribution < -0.4 is 0 Å². The number of hydrogen-bond acceptors (Lipinski definition) is 1. The van der Waals surface area contributed by atoms with E-state index in [4.69, 9.17) is 0 Å². The minimum atomic E-state index is -5.08. The fraction of sp³-hybridized carbons (Fsp3) is 0.0156. The van der Waals surface area contributed by atoms with Gasteiger partial charge in [0.05, 0.1) is 67.6 Å². The van der Waals surface area contributed by atoms with Crippen molar-refractivity contribution in [3.8, 4) is 73.8 Å². The maximum atomic E-state index is 18.0. The summed E-state index contributed by atoms with van der Waals surface area (Å²) in [6, 6.07) is 79.9. The molecule has 13 aromatic rings. The topological polar surface area (TPSA) is 43.5 Å². The molecule has 0 radical (unpaired) electrons. The van der Waals surface area contributed by atoms with Crippen LogP contribution in [0.5, 0.6) is 0 Å². The van der Waals surface area contributed by atoms with Crippen LogP contribution in [0.3, 0.4) is 0 Å². The number of fused-ring (bicyclic) bond motifs is 4. The molecule has 0 bridgehead atoms. The third-order valence-corrected chi connectivity index (χ3v) is 13.8. The van der Waals surface area contributed by atoms with Gasteiger partial charge in [0.15, 0.2) is 0 Å². The van der Waals surface area contributed by atoms with Crippen molar-refractivity contribution in [2.45, 2.75) is 6.18 Å². The first-order valence-corrected chi connectivity index (χ1v) is 23.7. The van der Waals surface area contributed by atoms with Crippen molar-refractivity contribution in [2.75, 3.05) is 0 Å². The van der Waals surface area contributed by atoms with Gasteiger partial charge in [-0.2, -0.15) is 18.4 Å². The zero-order valence-corrected chi connectivity index (χ0v) is 38.5. The Morgan fingerprint density at radius 2 is 0.569 bits per heavy atom. The number of alkyl halides is 3. The highest BCUT2D eigenvalue weighted by Gasteiger charge is 2.45. The maximum Gasteiger partial charge on any atom is 0.420 e. The van der Waals surface area contributed by atoms with Crippen molar-refractivity contribution >= 4 is 43.6 Å². The minimum Gasteiger partial charge on any atom is -0.307 e. The molecule has 13 rings (SSSR count). The predicted octanol–water partition coefficient (Wildman–Crippen LogP) is 17.0. The van der Waals surface area contributed by atoms with Gasteiger partial charge in [0.25, 0.3) is 0 Å². The predicted molar refractivity (Wildman–Crippen MR) is 285 cm³/mol. The zero-order chi connectivity index (χ0) is 48.5. The molecule has 72 heavy (non-hydrogen) atoms. The number of aromatic nitrogens is 4. The largest absolute Gasteiger partial charge is 0.420 e. The Balaban J connectivity index is 1.39. The molecule has 0 N–H and O–H groups in total. The molecule has 0 unspecified atom stereocenters. The Morgan fingerprint density at radius 1 is 0.306 bits per heavy atom. The molecule has 8 heteroatoms. The standard InChI is InChI=1S/C64H40F3N5/c65-64(66,67)59-60(69-51-33-17-13-29-46(51)37-55(69)42-21-5-1-6-22-42)50(41-68)61(70-52-34-18-14-30-47(52)38-56(70)43-23-7-2-8-24-43)63(72-54-36-20-16-32-49(54)40-58(72)45-27-11-4-12-28-45)62(59)71-53-35-19-15-31-48(53)39-57(71)44-25-9-3-10-26-44/h1-40H. The highest BCUT2D eigenvalue weighted by Crippen LogP contribution is 2.53. The molecule has 4 aromatic heterocycles. The summed E-state index contributed by atoms with van der Waals surface area (Å²) >= 11 is 0. The lowest BCUT2D eigenvalue weighted by Gasteiger charge is -2.31. The van der Waals surface area contributed by atoms with Gasteiger partial charge < -0.3 is 18.3 Å². The number of nitriles is 1. The molecule has 0 saturated carbocycles. The van der Waals surface area contributed by atoms with Gasteiger partial charge in [0, 0.05) is 21.5 Å². The monoisotopic (exact) mass is 935 g/mol. The molecule has 342 valence electrons. The Bertz CT molecular complexity index is 4250. The second kappa shape index (κ2) is 16.8. The number of rotatable bonds is 8. The van der Waals surface area contributed by atoms with E-state index in [0.29, 0.717) is 56.0 Å². The summed E-state index contributed by atoms with van der Waals surface area (Å²) in [7, 11) is 0. The van der Waals surface area contributed by atoms with Crippen molar-refractivity contribution in [1.29, 1.82) is 5.26 Å². The highest BCUT2D eigenvalue weighted by molar-refractivity contribution is 6.01. The summed E-state index contributed by atoms with van der Waals surface area (Å²) in [4.78, 5) is 0. The SMILES string of the molecule is N#Cc1c(-n2c(-c3ccccc3)cc3ccccc32)c(-n2c(-c3ccccc3)cc3ccccc32)c(-n2c(-c3ccccc3)cc3ccccc32)c(C(F)(F)F)c1-n1c(-c2ccccc2)cc2ccccc21. The van der Waals surface area contributed by atoms with E-state index in [1.807, 2.05) is 246 Å². The molecule has 9 aromatic carbocycles. The molecular formula is C64H40F3N5. The number of benzene rings is 9. The van der Waals surface area contributed by atoms with Gasteiger partial charge in [-0.25, -0.2) is 0 Å². The van der Waals surface area contributed by atoms with Crippen molar-refractivity contribution < 1.29 is 13.2 Å². The van der Waals surface area contributed by atoms with Crippen LogP contribution >= 0.6 is 0 Å². The lowest BCUT2D eigenvalue weighted by atomic mass is 9.96. The van der Waals surface area contributed by atoms with E-state index in [1.165, 1.54) is 0 Å². The Labute approximate surface area is 412 Å². The van der Waals surface area contributed by atoms with Gasteiger partial charge in [-0.05, 0) is 70.8 Å². The first-order chi connectivity index (χ1) is 35.4. The van der Waals surface area contributed by atoms with Crippen LogP contribution in [-0.4, -0.2) is 18.3 Å². The fourth-order valence-corrected chi connectivity index (χ4v) is 10.8. The summed E-state index contributed by atoms with van der Waals surface area (Å²) in [6.45, 7) is 0. The van der Waals surface area contributed by atoms with Crippen LogP contribution in [0.2, 0.25) is 0 Å². The second-order valence-corrected chi connectivity index (χ2v) is 17.9. The molecule has 0 fully saturated rings. The van der Waals surface area contributed by atoms with Crippen molar-refractivity contribution in [3.05, 3.63) is 254 Å². The molecule has 5 nitrogen and oxygen atoms in total. The van der Waals surface area contributed by atoms with Crippen molar-refractivity contribution in [1.82, 2.24) is 18.3 Å². The number of hydrogen-bond donors (Lipinski definition) is 0. The highest BCUT2D eigenvalue weighted by atomic mass is 19.4. The first-order valence-electron chi connectivity index (χ1n) is 23.7. The molecule has 0 saturated heterocycles. The normalized spacial score (nSPS) is 11.8. The summed E-state index contributed by atoms with van der Waals surface area (Å²) < 4.78 is 61.3. The van der Waals surface area contributed by atoms with E-state index in [-0.39, 0.29) is 28.3 Å². The van der Waals surface area contributed by atoms with E-state index in [9.17, 15) is 5.26 Å². The van der Waals surface area contributed by atoms with Crippen molar-refractivity contribution in [3.63, 3.8) is 0 Å². The summed E-state index contributed by atoms with van der Waals surface area (Å²) in [5, 5.41) is 15.5. The van der Waals surface area contributed by atoms with Gasteiger partial charge in [0.1, 0.15) is 17.2 Å². The zero-order valence-electron chi connectivity index (χ0n) is 38.5. The van der Waals surface area contributed by atoms with E-state index < -0.39 is 11.7 Å². The van der Waals surface area contributed by atoms with E-state index >= 15 is 13.2 Å². The minimum absolute atomic E-state index is 0.140. The summed E-state index contributed by atoms with van der Waals surface area (Å²) in [5.41, 5.74) is 6.75. The van der Waals surface area contributed by atoms with Crippen LogP contribution in [0, 0.1) is 11.3 Å². The van der Waals surface area contributed by atoms with Crippen LogP contribution in [0.25, 0.3) is 111 Å². The molecule has 0 spiro atoms. The molecule has 0 aliphatic rings. The van der Waals surface area contributed by atoms with Crippen molar-refractivity contribution in [2.24, 2.45) is 0 Å². The molecule has 4 heterocycles. The van der Waals surface area contributed by atoms with Crippen LogP contribution in [0.1, 0.15) is 11.1 Å². The third kappa shape index (κ3) is 6.70. The van der Waals surface area contributed by atoms with Crippen LogP contribution in [-0.2, 0) is 6.18 Å². The Kier molecular flexibility index (Phi) is 9.94. The van der Waals surface area contributed by atoms with Crippen LogP contribution in [0.4, 0.5) is 13.2 Å². The van der Waals surface area contributed by atoms with E-state index in [2.05, 4.69) is 12.1 Å². The first kappa shape index (κ1) is 42.5. The Morgan fingerprint density at radius 3 is 0.875 bits per heavy atom. The third-order valence-electron chi connectivity index (χ3n) is 13.8. The fourth-order valence-electron chi connectivity index (χ4n) is 10.8. The molecule has 0 atom stereocenters. The summed E-state index contributed by atoms with van der Waals surface area (Å²) in [6.07, 6.45) is -5.08. The second-order valence-electron chi connectivity index (χ2n) is 17.9. The lowest BCUT2D eigenvalue weighted by Crippen LogP contribution is -2.23. The molecule has 0 amide bonds. The molecule has 0 aliphatic carbocycles. The van der Waals surface area contributed by atoms with Gasteiger partial charge in [-0.15, -0.1) is 0 Å². The average Bonchev–Trinajstić information content (AvgIpc) is 4.21. The maximum absolute atomic E-state index is 18.0. The summed E-state index contributed by atoms with van der Waals surface area (Å²) in [5.74, 6) is 0. The number of para-hydroxylation sites is 4. The smallest absolute Gasteiger partial charge is 0.307 e. The van der Waals surface area contributed by atoms with E-state index in [0.717, 1.165) is 32.7 Å². The van der Waals surface area contributed by atoms with Gasteiger partial charge in [0.2, 0.25) is 0 Å². The van der Waals surface area contributed by atoms with Gasteiger partial charge >= 0.3 is 6.18 Å². The number of nitrogens with zero attached hydrogens (tertiary/aromatic N) is 5. The quantitative estimate of drug-likeness (QED) is 0.150. The average molecular weight is 936 g/mol. The van der Waals surface area contributed by atoms with Gasteiger partial charge in [-0.1, -0.05) is 194 Å². The lowest BCUT2D eigenvalue weighted by molar-refractivity contribution is -0.137. The number of halogens is 3. The van der Waals surface area contributed by atoms with Gasteiger partial charge in [-0.3, -0.25) is 0 Å². The van der Waals surface area contributed by atoms with Crippen LogP contribution in [0.15, 0.2) is 243 Å². The Hall–Kier alpha value is -9.58. The molecule has 0 aliphatic heterocycles. The van der Waals surface area contributed by atoms with E-state index in [1.54, 1.807) is 9.13 Å².